The standard InChI is InChI=1S/C18H16BrFN2O4S/c1-22(27(2,24)25)14-9-15-12(8-13(14)19)17(18(21)23)16(26-15)7-10-3-5-11(20)6-4-10/h3-6,8-9H,7H2,1-2H3,(H2,21,23). The smallest absolute Gasteiger partial charge is 0.252 e. The summed E-state index contributed by atoms with van der Waals surface area (Å²) in [4.78, 5) is 12.0. The number of rotatable bonds is 5. The van der Waals surface area contributed by atoms with E-state index in [0.717, 1.165) is 16.1 Å². The molecule has 0 saturated carbocycles. The number of anilines is 1. The zero-order valence-corrected chi connectivity index (χ0v) is 16.9. The number of fused-ring (bicyclic) bond motifs is 1. The number of carbonyl (C=O) groups is 1. The summed E-state index contributed by atoms with van der Waals surface area (Å²) in [5.41, 5.74) is 7.18. The number of hydrogen-bond donors (Lipinski definition) is 1. The maximum absolute atomic E-state index is 13.1. The first-order valence-electron chi connectivity index (χ1n) is 7.81. The zero-order valence-electron chi connectivity index (χ0n) is 14.5. The number of halogens is 2. The van der Waals surface area contributed by atoms with E-state index in [4.69, 9.17) is 10.2 Å². The Morgan fingerprint density at radius 1 is 1.26 bits per heavy atom. The molecule has 1 aromatic heterocycles. The minimum Gasteiger partial charge on any atom is -0.460 e. The lowest BCUT2D eigenvalue weighted by Gasteiger charge is -2.18. The Hall–Kier alpha value is -2.39. The highest BCUT2D eigenvalue weighted by molar-refractivity contribution is 9.10. The van der Waals surface area contributed by atoms with Gasteiger partial charge in [0.15, 0.2) is 0 Å². The van der Waals surface area contributed by atoms with Gasteiger partial charge in [-0.05, 0) is 39.7 Å². The Bertz CT molecular complexity index is 1140. The monoisotopic (exact) mass is 454 g/mol. The number of nitrogens with two attached hydrogens (primary N) is 1. The molecule has 0 aliphatic carbocycles. The molecule has 0 bridgehead atoms. The number of sulfonamides is 1. The predicted molar refractivity (Wildman–Crippen MR) is 105 cm³/mol. The largest absolute Gasteiger partial charge is 0.460 e. The van der Waals surface area contributed by atoms with E-state index in [9.17, 15) is 17.6 Å². The van der Waals surface area contributed by atoms with Crippen molar-refractivity contribution in [3.8, 4) is 0 Å². The van der Waals surface area contributed by atoms with Gasteiger partial charge in [0, 0.05) is 29.4 Å². The van der Waals surface area contributed by atoms with Crippen LogP contribution in [-0.2, 0) is 16.4 Å². The second-order valence-electron chi connectivity index (χ2n) is 6.10. The summed E-state index contributed by atoms with van der Waals surface area (Å²) in [6.07, 6.45) is 1.32. The minimum absolute atomic E-state index is 0.212. The maximum Gasteiger partial charge on any atom is 0.252 e. The van der Waals surface area contributed by atoms with Crippen molar-refractivity contribution in [2.24, 2.45) is 5.73 Å². The van der Waals surface area contributed by atoms with Gasteiger partial charge in [-0.1, -0.05) is 12.1 Å². The van der Waals surface area contributed by atoms with E-state index in [1.54, 1.807) is 18.2 Å². The molecule has 6 nitrogen and oxygen atoms in total. The van der Waals surface area contributed by atoms with Crippen molar-refractivity contribution in [2.45, 2.75) is 6.42 Å². The lowest BCUT2D eigenvalue weighted by Crippen LogP contribution is -2.25. The van der Waals surface area contributed by atoms with Gasteiger partial charge in [-0.25, -0.2) is 12.8 Å². The molecule has 9 heteroatoms. The summed E-state index contributed by atoms with van der Waals surface area (Å²) in [6, 6.07) is 8.94. The number of benzene rings is 2. The molecule has 27 heavy (non-hydrogen) atoms. The molecule has 0 spiro atoms. The lowest BCUT2D eigenvalue weighted by atomic mass is 10.0. The SMILES string of the molecule is CN(c1cc2oc(Cc3ccc(F)cc3)c(C(N)=O)c2cc1Br)S(C)(=O)=O. The predicted octanol–water partition coefficient (Wildman–Crippen LogP) is 3.42. The Morgan fingerprint density at radius 2 is 1.89 bits per heavy atom. The minimum atomic E-state index is -3.48. The van der Waals surface area contributed by atoms with Crippen molar-refractivity contribution in [3.05, 3.63) is 63.6 Å². The summed E-state index contributed by atoms with van der Waals surface area (Å²) in [5, 5.41) is 0.470. The van der Waals surface area contributed by atoms with Crippen LogP contribution in [0.15, 0.2) is 45.3 Å². The van der Waals surface area contributed by atoms with E-state index in [2.05, 4.69) is 15.9 Å². The number of furan rings is 1. The Kier molecular flexibility index (Phi) is 5.00. The van der Waals surface area contributed by atoms with E-state index in [1.807, 2.05) is 0 Å². The van der Waals surface area contributed by atoms with Crippen molar-refractivity contribution >= 4 is 48.5 Å². The first kappa shape index (κ1) is 19.4. The van der Waals surface area contributed by atoms with Crippen molar-refractivity contribution < 1.29 is 22.0 Å². The highest BCUT2D eigenvalue weighted by Crippen LogP contribution is 2.36. The van der Waals surface area contributed by atoms with Crippen LogP contribution in [-0.4, -0.2) is 27.6 Å². The van der Waals surface area contributed by atoms with Crippen LogP contribution in [0, 0.1) is 5.82 Å². The fourth-order valence-electron chi connectivity index (χ4n) is 2.76. The van der Waals surface area contributed by atoms with Crippen LogP contribution in [0.5, 0.6) is 0 Å². The van der Waals surface area contributed by atoms with Crippen LogP contribution in [0.25, 0.3) is 11.0 Å². The van der Waals surface area contributed by atoms with Gasteiger partial charge in [0.1, 0.15) is 17.2 Å². The molecule has 3 aromatic rings. The fraction of sp³-hybridized carbons (Fsp3) is 0.167. The fourth-order valence-corrected chi connectivity index (χ4v) is 3.99. The zero-order chi connectivity index (χ0) is 19.9. The van der Waals surface area contributed by atoms with Gasteiger partial charge >= 0.3 is 0 Å². The van der Waals surface area contributed by atoms with Gasteiger partial charge in [-0.15, -0.1) is 0 Å². The molecular formula is C18H16BrFN2O4S. The third-order valence-electron chi connectivity index (χ3n) is 4.19. The first-order valence-corrected chi connectivity index (χ1v) is 10.4. The molecule has 0 unspecified atom stereocenters. The molecule has 0 radical (unpaired) electrons. The van der Waals surface area contributed by atoms with Crippen molar-refractivity contribution in [2.75, 3.05) is 17.6 Å². The van der Waals surface area contributed by atoms with E-state index in [1.165, 1.54) is 25.2 Å². The number of carbonyl (C=O) groups excluding carboxylic acids is 1. The summed E-state index contributed by atoms with van der Waals surface area (Å²) < 4.78 is 44.2. The molecule has 0 aliphatic rings. The van der Waals surface area contributed by atoms with Crippen molar-refractivity contribution in [3.63, 3.8) is 0 Å². The summed E-state index contributed by atoms with van der Waals surface area (Å²) in [5.74, 6) is -0.701. The summed E-state index contributed by atoms with van der Waals surface area (Å²) in [7, 11) is -2.07. The van der Waals surface area contributed by atoms with Crippen LogP contribution in [0.1, 0.15) is 21.7 Å². The molecule has 142 valence electrons. The molecule has 3 rings (SSSR count). The number of nitrogens with zero attached hydrogens (tertiary/aromatic N) is 1. The summed E-state index contributed by atoms with van der Waals surface area (Å²) in [6.45, 7) is 0. The summed E-state index contributed by atoms with van der Waals surface area (Å²) >= 11 is 3.34. The van der Waals surface area contributed by atoms with Gasteiger partial charge < -0.3 is 10.2 Å². The Morgan fingerprint density at radius 3 is 2.44 bits per heavy atom. The molecular weight excluding hydrogens is 439 g/mol. The highest BCUT2D eigenvalue weighted by atomic mass is 79.9. The maximum atomic E-state index is 13.1. The third-order valence-corrected chi connectivity index (χ3v) is 6.02. The van der Waals surface area contributed by atoms with Crippen LogP contribution in [0.2, 0.25) is 0 Å². The Labute approximate surface area is 163 Å². The van der Waals surface area contributed by atoms with Crippen LogP contribution in [0.3, 0.4) is 0 Å². The molecule has 0 atom stereocenters. The van der Waals surface area contributed by atoms with Gasteiger partial charge in [0.25, 0.3) is 5.91 Å². The van der Waals surface area contributed by atoms with Crippen molar-refractivity contribution in [1.82, 2.24) is 0 Å². The average molecular weight is 455 g/mol. The van der Waals surface area contributed by atoms with Crippen LogP contribution >= 0.6 is 15.9 Å². The van der Waals surface area contributed by atoms with E-state index in [0.29, 0.717) is 26.9 Å². The lowest BCUT2D eigenvalue weighted by molar-refractivity contribution is 0.1000. The average Bonchev–Trinajstić information content (AvgIpc) is 2.91. The van der Waals surface area contributed by atoms with Gasteiger partial charge in [-0.3, -0.25) is 9.10 Å². The molecule has 1 amide bonds. The second-order valence-corrected chi connectivity index (χ2v) is 8.97. The van der Waals surface area contributed by atoms with Crippen molar-refractivity contribution in [1.29, 1.82) is 0 Å². The van der Waals surface area contributed by atoms with Crippen LogP contribution in [0.4, 0.5) is 10.1 Å². The molecule has 2 N–H and O–H groups in total. The molecule has 0 fully saturated rings. The van der Waals surface area contributed by atoms with E-state index < -0.39 is 15.9 Å². The number of primary amides is 1. The topological polar surface area (TPSA) is 93.6 Å². The van der Waals surface area contributed by atoms with Crippen LogP contribution < -0.4 is 10.0 Å². The molecule has 0 saturated heterocycles. The highest BCUT2D eigenvalue weighted by Gasteiger charge is 2.23. The Balaban J connectivity index is 2.16. The van der Waals surface area contributed by atoms with Gasteiger partial charge in [0.2, 0.25) is 10.0 Å². The quantitative estimate of drug-likeness (QED) is 0.638. The normalized spacial score (nSPS) is 11.7. The van der Waals surface area contributed by atoms with Gasteiger partial charge in [-0.2, -0.15) is 0 Å². The van der Waals surface area contributed by atoms with E-state index >= 15 is 0 Å². The number of amides is 1. The third kappa shape index (κ3) is 3.84. The van der Waals surface area contributed by atoms with E-state index in [-0.39, 0.29) is 17.8 Å². The first-order chi connectivity index (χ1) is 12.6. The molecule has 2 aromatic carbocycles. The second kappa shape index (κ2) is 6.97. The number of hydrogen-bond acceptors (Lipinski definition) is 4. The molecule has 1 heterocycles. The van der Waals surface area contributed by atoms with Gasteiger partial charge in [0.05, 0.1) is 17.5 Å². The molecule has 0 aliphatic heterocycles.